The minimum absolute atomic E-state index is 0.0201. The number of carbonyl (C=O) groups excluding carboxylic acids is 1. The topological polar surface area (TPSA) is 78.2 Å². The van der Waals surface area contributed by atoms with E-state index >= 15 is 0 Å². The molecule has 0 N–H and O–H groups in total. The Bertz CT molecular complexity index is 1530. The Hall–Kier alpha value is -4.04. The molecular weight excluding hydrogens is 501 g/mol. The monoisotopic (exact) mass is 523 g/mol. The van der Waals surface area contributed by atoms with E-state index in [0.29, 0.717) is 34.6 Å². The van der Waals surface area contributed by atoms with Gasteiger partial charge in [0.05, 0.1) is 42.3 Å². The fourth-order valence-corrected chi connectivity index (χ4v) is 4.91. The third-order valence-corrected chi connectivity index (χ3v) is 6.76. The Balaban J connectivity index is 1.58. The van der Waals surface area contributed by atoms with E-state index in [1.807, 2.05) is 6.07 Å². The number of rotatable bonds is 6. The second kappa shape index (κ2) is 10.1. The Morgan fingerprint density at radius 2 is 1.81 bits per heavy atom. The summed E-state index contributed by atoms with van der Waals surface area (Å²) >= 11 is 6.23. The lowest BCUT2D eigenvalue weighted by atomic mass is 9.91. The number of fused-ring (bicyclic) bond motifs is 2. The molecule has 0 aliphatic carbocycles. The van der Waals surface area contributed by atoms with Gasteiger partial charge in [-0.2, -0.15) is 0 Å². The van der Waals surface area contributed by atoms with Crippen LogP contribution in [0.1, 0.15) is 27.5 Å². The molecule has 0 saturated heterocycles. The Labute approximate surface area is 216 Å². The van der Waals surface area contributed by atoms with E-state index in [2.05, 4.69) is 0 Å². The standard InChI is InChI=1S/C28H23ClFNO6/c1-34-24-12-16-10-11-31(28(33)27-19(29)7-5-8-20(27)30)21(18(16)13-25(24)35-2)15-36-23-14-26(32)37-22-9-4-3-6-17(22)23/h3-9,12-14,21H,10-11,15H2,1-2H3. The van der Waals surface area contributed by atoms with Gasteiger partial charge < -0.3 is 23.5 Å². The molecule has 1 unspecified atom stereocenters. The van der Waals surface area contributed by atoms with Crippen molar-refractivity contribution in [2.45, 2.75) is 12.5 Å². The summed E-state index contributed by atoms with van der Waals surface area (Å²) in [4.78, 5) is 27.3. The number of amides is 1. The molecule has 0 spiro atoms. The molecule has 1 aromatic heterocycles. The second-order valence-electron chi connectivity index (χ2n) is 8.50. The summed E-state index contributed by atoms with van der Waals surface area (Å²) in [7, 11) is 3.08. The number of carbonyl (C=O) groups is 1. The Morgan fingerprint density at radius 1 is 1.05 bits per heavy atom. The van der Waals surface area contributed by atoms with Crippen molar-refractivity contribution in [1.82, 2.24) is 4.90 Å². The summed E-state index contributed by atoms with van der Waals surface area (Å²) in [5.41, 5.74) is 1.31. The van der Waals surface area contributed by atoms with E-state index in [1.165, 1.54) is 36.3 Å². The molecular formula is C28H23ClFNO6. The van der Waals surface area contributed by atoms with Gasteiger partial charge in [-0.25, -0.2) is 9.18 Å². The Morgan fingerprint density at radius 3 is 2.57 bits per heavy atom. The molecule has 0 saturated carbocycles. The van der Waals surface area contributed by atoms with Gasteiger partial charge in [0.15, 0.2) is 11.5 Å². The van der Waals surface area contributed by atoms with Crippen LogP contribution in [0.2, 0.25) is 5.02 Å². The quantitative estimate of drug-likeness (QED) is 0.314. The summed E-state index contributed by atoms with van der Waals surface area (Å²) in [6, 6.07) is 15.4. The predicted molar refractivity (Wildman–Crippen MR) is 136 cm³/mol. The molecule has 3 aromatic carbocycles. The van der Waals surface area contributed by atoms with Crippen LogP contribution in [0, 0.1) is 5.82 Å². The van der Waals surface area contributed by atoms with Gasteiger partial charge in [-0.15, -0.1) is 0 Å². The number of halogens is 2. The normalized spacial score (nSPS) is 14.8. The first kappa shape index (κ1) is 24.6. The average Bonchev–Trinajstić information content (AvgIpc) is 2.90. The minimum Gasteiger partial charge on any atom is -0.493 e. The summed E-state index contributed by atoms with van der Waals surface area (Å²) in [6.07, 6.45) is 0.502. The number of methoxy groups -OCH3 is 2. The fourth-order valence-electron chi connectivity index (χ4n) is 4.67. The number of hydrogen-bond acceptors (Lipinski definition) is 6. The first-order valence-corrected chi connectivity index (χ1v) is 11.9. The first-order valence-electron chi connectivity index (χ1n) is 11.6. The summed E-state index contributed by atoms with van der Waals surface area (Å²) < 4.78 is 37.1. The van der Waals surface area contributed by atoms with Crippen LogP contribution in [0.5, 0.6) is 17.2 Å². The third kappa shape index (κ3) is 4.60. The number of benzene rings is 3. The third-order valence-electron chi connectivity index (χ3n) is 6.45. The molecule has 7 nitrogen and oxygen atoms in total. The van der Waals surface area contributed by atoms with Crippen molar-refractivity contribution in [1.29, 1.82) is 0 Å². The van der Waals surface area contributed by atoms with Crippen molar-refractivity contribution in [3.05, 3.63) is 98.6 Å². The van der Waals surface area contributed by atoms with Crippen molar-refractivity contribution < 1.29 is 27.8 Å². The van der Waals surface area contributed by atoms with Crippen LogP contribution in [-0.2, 0) is 6.42 Å². The summed E-state index contributed by atoms with van der Waals surface area (Å²) in [6.45, 7) is 0.269. The SMILES string of the molecule is COc1cc2c(cc1OC)C(COc1cc(=O)oc3ccccc13)N(C(=O)c1c(F)cccc1Cl)CC2. The molecule has 0 fully saturated rings. The first-order chi connectivity index (χ1) is 17.9. The number of ether oxygens (including phenoxy) is 3. The molecule has 0 bridgehead atoms. The number of hydrogen-bond donors (Lipinski definition) is 0. The average molecular weight is 524 g/mol. The van der Waals surface area contributed by atoms with Crippen LogP contribution in [0.4, 0.5) is 4.39 Å². The maximum atomic E-state index is 14.7. The highest BCUT2D eigenvalue weighted by Crippen LogP contribution is 2.40. The molecule has 1 atom stereocenters. The fraction of sp³-hybridized carbons (Fsp3) is 0.214. The number of nitrogens with zero attached hydrogens (tertiary/aromatic N) is 1. The molecule has 5 rings (SSSR count). The molecule has 1 aliphatic heterocycles. The molecule has 37 heavy (non-hydrogen) atoms. The van der Waals surface area contributed by atoms with Gasteiger partial charge in [0.25, 0.3) is 5.91 Å². The lowest BCUT2D eigenvalue weighted by molar-refractivity contribution is 0.0585. The molecule has 1 amide bonds. The zero-order chi connectivity index (χ0) is 26.1. The van der Waals surface area contributed by atoms with Gasteiger partial charge in [-0.1, -0.05) is 29.8 Å². The summed E-state index contributed by atoms with van der Waals surface area (Å²) in [5, 5.41) is 0.634. The van der Waals surface area contributed by atoms with E-state index in [-0.39, 0.29) is 23.7 Å². The zero-order valence-corrected chi connectivity index (χ0v) is 20.9. The second-order valence-corrected chi connectivity index (χ2v) is 8.91. The van der Waals surface area contributed by atoms with Crippen molar-refractivity contribution in [2.75, 3.05) is 27.4 Å². The molecule has 190 valence electrons. The van der Waals surface area contributed by atoms with Crippen molar-refractivity contribution >= 4 is 28.5 Å². The minimum atomic E-state index is -0.707. The van der Waals surface area contributed by atoms with E-state index in [4.69, 9.17) is 30.2 Å². The largest absolute Gasteiger partial charge is 0.493 e. The van der Waals surface area contributed by atoms with E-state index in [1.54, 1.807) is 37.4 Å². The van der Waals surface area contributed by atoms with Crippen molar-refractivity contribution in [3.63, 3.8) is 0 Å². The predicted octanol–water partition coefficient (Wildman–Crippen LogP) is 5.42. The van der Waals surface area contributed by atoms with Crippen LogP contribution in [-0.4, -0.2) is 38.2 Å². The molecule has 1 aliphatic rings. The summed E-state index contributed by atoms with van der Waals surface area (Å²) in [5.74, 6) is 0.0899. The molecule has 9 heteroatoms. The van der Waals surface area contributed by atoms with E-state index < -0.39 is 23.4 Å². The van der Waals surface area contributed by atoms with Crippen LogP contribution in [0.25, 0.3) is 11.0 Å². The van der Waals surface area contributed by atoms with Gasteiger partial charge >= 0.3 is 5.63 Å². The molecule has 2 heterocycles. The molecule has 0 radical (unpaired) electrons. The van der Waals surface area contributed by atoms with Crippen LogP contribution >= 0.6 is 11.6 Å². The van der Waals surface area contributed by atoms with Gasteiger partial charge in [0.2, 0.25) is 0 Å². The lowest BCUT2D eigenvalue weighted by Crippen LogP contribution is -2.43. The van der Waals surface area contributed by atoms with Gasteiger partial charge in [0.1, 0.15) is 23.8 Å². The lowest BCUT2D eigenvalue weighted by Gasteiger charge is -2.38. The van der Waals surface area contributed by atoms with E-state index in [0.717, 1.165) is 11.1 Å². The highest BCUT2D eigenvalue weighted by Gasteiger charge is 2.35. The van der Waals surface area contributed by atoms with Crippen LogP contribution < -0.4 is 19.8 Å². The van der Waals surface area contributed by atoms with Gasteiger partial charge in [0, 0.05) is 6.54 Å². The van der Waals surface area contributed by atoms with Crippen molar-refractivity contribution in [3.8, 4) is 17.2 Å². The highest BCUT2D eigenvalue weighted by molar-refractivity contribution is 6.33. The van der Waals surface area contributed by atoms with Crippen LogP contribution in [0.3, 0.4) is 0 Å². The van der Waals surface area contributed by atoms with E-state index in [9.17, 15) is 14.0 Å². The maximum absolute atomic E-state index is 14.7. The Kier molecular flexibility index (Phi) is 6.76. The number of para-hydroxylation sites is 1. The smallest absolute Gasteiger partial charge is 0.339 e. The van der Waals surface area contributed by atoms with Gasteiger partial charge in [-0.05, 0) is 53.9 Å². The maximum Gasteiger partial charge on any atom is 0.339 e. The van der Waals surface area contributed by atoms with Crippen LogP contribution in [0.15, 0.2) is 69.9 Å². The van der Waals surface area contributed by atoms with Gasteiger partial charge in [-0.3, -0.25) is 4.79 Å². The zero-order valence-electron chi connectivity index (χ0n) is 20.1. The highest BCUT2D eigenvalue weighted by atomic mass is 35.5. The van der Waals surface area contributed by atoms with Crippen molar-refractivity contribution in [2.24, 2.45) is 0 Å². The molecule has 4 aromatic rings.